The number of carboxylic acids is 2. The second-order valence-corrected chi connectivity index (χ2v) is 15.4. The van der Waals surface area contributed by atoms with Gasteiger partial charge in [0.15, 0.2) is 0 Å². The molecule has 0 amide bonds. The molecule has 24 heteroatoms. The molecule has 1 heterocycles. The van der Waals surface area contributed by atoms with Crippen LogP contribution in [0.1, 0.15) is 48.4 Å². The molecule has 0 aliphatic heterocycles. The maximum absolute atomic E-state index is 12.2. The first kappa shape index (κ1) is 50.3. The van der Waals surface area contributed by atoms with Crippen LogP contribution in [0.3, 0.4) is 0 Å². The number of hydrogen-bond donors (Lipinski definition) is 8. The predicted molar refractivity (Wildman–Crippen MR) is 241 cm³/mol. The van der Waals surface area contributed by atoms with Crippen LogP contribution < -0.4 is 15.5 Å². The molecule has 22 nitrogen and oxygen atoms in total. The van der Waals surface area contributed by atoms with Crippen molar-refractivity contribution in [3.63, 3.8) is 0 Å². The van der Waals surface area contributed by atoms with Crippen LogP contribution in [-0.2, 0) is 20.2 Å². The number of aromatic nitrogens is 3. The number of rotatable bonds is 17. The molecular weight excluding hydrogens is 889 g/mol. The highest BCUT2D eigenvalue weighted by Crippen LogP contribution is 2.34. The van der Waals surface area contributed by atoms with E-state index in [4.69, 9.17) is 0 Å². The number of anilines is 5. The molecule has 0 bridgehead atoms. The molecule has 0 unspecified atom stereocenters. The van der Waals surface area contributed by atoms with Crippen molar-refractivity contribution in [1.82, 2.24) is 15.0 Å². The number of aliphatic hydroxyl groups excluding tert-OH is 2. The summed E-state index contributed by atoms with van der Waals surface area (Å²) in [5.74, 6) is -2.46. The summed E-state index contributed by atoms with van der Waals surface area (Å²) in [6.07, 6.45) is 0. The Kier molecular flexibility index (Phi) is 17.7. The van der Waals surface area contributed by atoms with Gasteiger partial charge in [0, 0.05) is 35.2 Å². The molecule has 5 aromatic carbocycles. The maximum atomic E-state index is 12.2. The third-order valence-corrected chi connectivity index (χ3v) is 10.1. The van der Waals surface area contributed by atoms with E-state index in [2.05, 4.69) is 46.0 Å². The molecule has 6 rings (SSSR count). The molecule has 6 aromatic rings. The lowest BCUT2D eigenvalue weighted by Crippen LogP contribution is -2.31. The van der Waals surface area contributed by atoms with Gasteiger partial charge in [0.05, 0.1) is 47.1 Å². The second kappa shape index (κ2) is 22.8. The highest BCUT2D eigenvalue weighted by atomic mass is 32.2. The molecule has 0 saturated heterocycles. The van der Waals surface area contributed by atoms with Crippen LogP contribution >= 0.6 is 0 Å². The lowest BCUT2D eigenvalue weighted by Gasteiger charge is -2.21. The molecular formula is C41H44N10O12S2. The van der Waals surface area contributed by atoms with Crippen molar-refractivity contribution in [1.29, 1.82) is 0 Å². The number of nitrogens with zero attached hydrogens (tertiary/aromatic N) is 8. The lowest BCUT2D eigenvalue weighted by atomic mass is 10.1. The van der Waals surface area contributed by atoms with E-state index in [1.807, 2.05) is 27.7 Å². The monoisotopic (exact) mass is 932 g/mol. The summed E-state index contributed by atoms with van der Waals surface area (Å²) in [4.78, 5) is 36.5. The number of azo groups is 2. The van der Waals surface area contributed by atoms with E-state index in [0.29, 0.717) is 17.1 Å². The number of nitrogens with one attached hydrogen (secondary N) is 2. The van der Waals surface area contributed by atoms with Gasteiger partial charge in [-0.25, -0.2) is 9.59 Å². The molecule has 0 radical (unpaired) electrons. The van der Waals surface area contributed by atoms with Crippen molar-refractivity contribution in [2.24, 2.45) is 20.5 Å². The van der Waals surface area contributed by atoms with Crippen LogP contribution in [0.5, 0.6) is 0 Å². The molecule has 65 heavy (non-hydrogen) atoms. The Morgan fingerprint density at radius 3 is 1.40 bits per heavy atom. The number of aromatic carboxylic acids is 2. The minimum absolute atomic E-state index is 0.0172. The largest absolute Gasteiger partial charge is 0.478 e. The normalized spacial score (nSPS) is 11.4. The second-order valence-electron chi connectivity index (χ2n) is 12.6. The summed E-state index contributed by atoms with van der Waals surface area (Å²) < 4.78 is 67.9. The highest BCUT2D eigenvalue weighted by molar-refractivity contribution is 7.86. The van der Waals surface area contributed by atoms with E-state index in [1.165, 1.54) is 47.4 Å². The van der Waals surface area contributed by atoms with Crippen molar-refractivity contribution in [3.05, 3.63) is 108 Å². The molecule has 1 aromatic heterocycles. The van der Waals surface area contributed by atoms with Crippen LogP contribution in [0.25, 0.3) is 10.8 Å². The predicted octanol–water partition coefficient (Wildman–Crippen LogP) is 8.08. The van der Waals surface area contributed by atoms with Gasteiger partial charge in [0.1, 0.15) is 9.79 Å². The Hall–Kier alpha value is -7.35. The van der Waals surface area contributed by atoms with E-state index >= 15 is 0 Å². The van der Waals surface area contributed by atoms with E-state index < -0.39 is 42.0 Å². The van der Waals surface area contributed by atoms with Gasteiger partial charge in [-0.3, -0.25) is 9.11 Å². The van der Waals surface area contributed by atoms with Crippen molar-refractivity contribution in [2.45, 2.75) is 37.5 Å². The number of carbonyl (C=O) groups is 2. The zero-order valence-corrected chi connectivity index (χ0v) is 36.7. The Morgan fingerprint density at radius 1 is 0.554 bits per heavy atom. The van der Waals surface area contributed by atoms with Gasteiger partial charge in [0.25, 0.3) is 20.2 Å². The zero-order valence-electron chi connectivity index (χ0n) is 35.1. The molecule has 0 spiro atoms. The number of hydrogen-bond acceptors (Lipinski definition) is 18. The van der Waals surface area contributed by atoms with E-state index in [0.717, 1.165) is 18.2 Å². The number of aliphatic hydroxyl groups is 2. The fraction of sp³-hybridized carbons (Fsp3) is 0.195. The van der Waals surface area contributed by atoms with Crippen molar-refractivity contribution in [3.8, 4) is 0 Å². The van der Waals surface area contributed by atoms with Crippen LogP contribution in [0, 0.1) is 0 Å². The maximum Gasteiger partial charge on any atom is 0.335 e. The fourth-order valence-corrected chi connectivity index (χ4v) is 7.03. The molecule has 0 atom stereocenters. The molecule has 0 aliphatic carbocycles. The standard InChI is InChI=1S/C37H32N10O12S2.2C2H6/c48-14-12-47(13-15-49)37-41-35(38-23-4-8-25(9-5-23)43-45-27-17-21(33(50)51)16-22(18-27)34(52)53)40-36(42-37)39-24-6-10-26(11-7-24)44-46-28-19-30-29(32(20-28)61(57,58)59)2-1-3-31(30)60(54,55)56;2*1-2/h1-11,16-20,48-49H,12-15H2,(H,50,51)(H,52,53)(H,54,55,56)(H,57,58,59)(H2,38,39,40,41,42);2*1-2H3. The summed E-state index contributed by atoms with van der Waals surface area (Å²) in [5, 5.41) is 59.8. The summed E-state index contributed by atoms with van der Waals surface area (Å²) in [5.41, 5.74) is 0.875. The fourth-order valence-electron chi connectivity index (χ4n) is 5.60. The third-order valence-electron chi connectivity index (χ3n) is 8.33. The Bertz CT molecular complexity index is 2880. The van der Waals surface area contributed by atoms with Crippen LogP contribution in [-0.4, -0.2) is 99.6 Å². The summed E-state index contributed by atoms with van der Waals surface area (Å²) in [6, 6.07) is 21.7. The molecule has 0 aliphatic rings. The topological polar surface area (TPSA) is 339 Å². The quantitative estimate of drug-likeness (QED) is 0.0316. The zero-order chi connectivity index (χ0) is 47.9. The molecule has 0 fully saturated rings. The van der Waals surface area contributed by atoms with Gasteiger partial charge in [-0.1, -0.05) is 39.8 Å². The smallest absolute Gasteiger partial charge is 0.335 e. The average Bonchev–Trinajstić information content (AvgIpc) is 3.28. The van der Waals surface area contributed by atoms with Crippen molar-refractivity contribution in [2.75, 3.05) is 41.8 Å². The van der Waals surface area contributed by atoms with Gasteiger partial charge >= 0.3 is 11.9 Å². The van der Waals surface area contributed by atoms with Crippen molar-refractivity contribution < 1.29 is 56.0 Å². The summed E-state index contributed by atoms with van der Waals surface area (Å²) in [6.45, 7) is 7.59. The first-order valence-electron chi connectivity index (χ1n) is 19.4. The van der Waals surface area contributed by atoms with Gasteiger partial charge in [-0.05, 0) is 84.9 Å². The molecule has 342 valence electrons. The Morgan fingerprint density at radius 2 is 0.985 bits per heavy atom. The van der Waals surface area contributed by atoms with Gasteiger partial charge in [-0.2, -0.15) is 52.2 Å². The first-order valence-corrected chi connectivity index (χ1v) is 22.3. The Labute approximate surface area is 372 Å². The highest BCUT2D eigenvalue weighted by Gasteiger charge is 2.21. The van der Waals surface area contributed by atoms with E-state index in [1.54, 1.807) is 36.4 Å². The van der Waals surface area contributed by atoms with E-state index in [9.17, 15) is 56.0 Å². The minimum atomic E-state index is -4.86. The first-order chi connectivity index (χ1) is 31.0. The number of carboxylic acid groups (broad SMARTS) is 2. The van der Waals surface area contributed by atoms with E-state index in [-0.39, 0.29) is 83.1 Å². The SMILES string of the molecule is CC.CC.O=C(O)c1cc(N=Nc2ccc(Nc3nc(Nc4ccc(N=Nc5cc(S(=O)(=O)O)c6cccc(S(=O)(=O)O)c6c5)cc4)nc(N(CCO)CCO)n3)cc2)cc(C(=O)O)c1. The molecule has 0 saturated carbocycles. The Balaban J connectivity index is 0.00000225. The number of fused-ring (bicyclic) bond motifs is 1. The minimum Gasteiger partial charge on any atom is -0.478 e. The van der Waals surface area contributed by atoms with Gasteiger partial charge in [-0.15, -0.1) is 0 Å². The number of benzene rings is 5. The van der Waals surface area contributed by atoms with Crippen LogP contribution in [0.2, 0.25) is 0 Å². The third kappa shape index (κ3) is 13.8. The van der Waals surface area contributed by atoms with Crippen LogP contribution in [0.15, 0.2) is 127 Å². The van der Waals surface area contributed by atoms with Crippen molar-refractivity contribution >= 4 is 94.9 Å². The molecule has 8 N–H and O–H groups in total. The van der Waals surface area contributed by atoms with Crippen LogP contribution in [0.4, 0.5) is 52.0 Å². The average molecular weight is 933 g/mol. The summed E-state index contributed by atoms with van der Waals surface area (Å²) in [7, 11) is -9.65. The van der Waals surface area contributed by atoms with Gasteiger partial charge in [0.2, 0.25) is 17.8 Å². The van der Waals surface area contributed by atoms with Gasteiger partial charge < -0.3 is 36.0 Å². The lowest BCUT2D eigenvalue weighted by molar-refractivity contribution is 0.0696. The summed E-state index contributed by atoms with van der Waals surface area (Å²) >= 11 is 0.